The molecule has 2 unspecified atom stereocenters. The van der Waals surface area contributed by atoms with Crippen LogP contribution < -0.4 is 5.32 Å². The van der Waals surface area contributed by atoms with Gasteiger partial charge in [-0.25, -0.2) is 0 Å². The molecule has 0 spiro atoms. The van der Waals surface area contributed by atoms with Gasteiger partial charge in [-0.2, -0.15) is 18.3 Å². The number of halogens is 4. The molecule has 1 saturated heterocycles. The fraction of sp³-hybridized carbons (Fsp3) is 0.667. The van der Waals surface area contributed by atoms with Gasteiger partial charge in [0.1, 0.15) is 0 Å². The van der Waals surface area contributed by atoms with Crippen molar-refractivity contribution >= 4 is 35.9 Å². The lowest BCUT2D eigenvalue weighted by Gasteiger charge is -2.21. The highest BCUT2D eigenvalue weighted by atomic mass is 127. The van der Waals surface area contributed by atoms with Gasteiger partial charge < -0.3 is 15.0 Å². The lowest BCUT2D eigenvalue weighted by atomic mass is 9.99. The number of hydrogen-bond donors (Lipinski definition) is 1. The van der Waals surface area contributed by atoms with E-state index in [0.717, 1.165) is 4.68 Å². The molecule has 0 aromatic carbocycles. The van der Waals surface area contributed by atoms with E-state index in [4.69, 9.17) is 4.74 Å². The van der Waals surface area contributed by atoms with Crippen molar-refractivity contribution in [3.05, 3.63) is 17.5 Å². The summed E-state index contributed by atoms with van der Waals surface area (Å²) in [4.78, 5) is 17.7. The Labute approximate surface area is 167 Å². The van der Waals surface area contributed by atoms with Gasteiger partial charge in [-0.3, -0.25) is 14.5 Å². The number of methoxy groups -OCH3 is 1. The van der Waals surface area contributed by atoms with Gasteiger partial charge in [0.25, 0.3) is 0 Å². The quantitative estimate of drug-likeness (QED) is 0.304. The van der Waals surface area contributed by atoms with Crippen LogP contribution in [-0.2, 0) is 29.3 Å². The summed E-state index contributed by atoms with van der Waals surface area (Å²) in [6, 6.07) is 0. The Bertz CT molecular complexity index is 662. The average molecular weight is 489 g/mol. The number of alkyl halides is 3. The number of nitrogens with zero attached hydrogens (tertiary/aromatic N) is 4. The molecule has 1 aliphatic rings. The van der Waals surface area contributed by atoms with Crippen molar-refractivity contribution in [1.82, 2.24) is 20.0 Å². The van der Waals surface area contributed by atoms with E-state index in [1.54, 1.807) is 7.05 Å². The average Bonchev–Trinajstić information content (AvgIpc) is 3.10. The standard InChI is InChI=1S/C15H22F3N5O2.HI/c1-9-6-23(8-11(9)13(24)25-4)14(19-2)20-5-10-7-22(3)21-12(10)15(16,17)18;/h7,9,11H,5-6,8H2,1-4H3,(H,19,20);1H. The Morgan fingerprint density at radius 1 is 1.46 bits per heavy atom. The summed E-state index contributed by atoms with van der Waals surface area (Å²) in [5, 5.41) is 6.40. The largest absolute Gasteiger partial charge is 0.469 e. The van der Waals surface area contributed by atoms with Crippen molar-refractivity contribution < 1.29 is 22.7 Å². The number of hydrogen-bond acceptors (Lipinski definition) is 4. The summed E-state index contributed by atoms with van der Waals surface area (Å²) in [7, 11) is 4.33. The molecule has 1 aromatic heterocycles. The zero-order chi connectivity index (χ0) is 18.8. The number of aromatic nitrogens is 2. The first-order valence-corrected chi connectivity index (χ1v) is 7.80. The van der Waals surface area contributed by atoms with E-state index in [0.29, 0.717) is 19.0 Å². The van der Waals surface area contributed by atoms with Crippen LogP contribution >= 0.6 is 24.0 Å². The number of aliphatic imine (C=N–C) groups is 1. The highest BCUT2D eigenvalue weighted by molar-refractivity contribution is 14.0. The second-order valence-electron chi connectivity index (χ2n) is 6.09. The molecule has 2 heterocycles. The third kappa shape index (κ3) is 5.01. The van der Waals surface area contributed by atoms with Gasteiger partial charge in [0.15, 0.2) is 11.7 Å². The van der Waals surface area contributed by atoms with Crippen LogP contribution in [0.25, 0.3) is 0 Å². The Morgan fingerprint density at radius 3 is 2.65 bits per heavy atom. The molecule has 148 valence electrons. The number of carbonyl (C=O) groups excluding carboxylic acids is 1. The van der Waals surface area contributed by atoms with E-state index in [1.807, 2.05) is 11.8 Å². The normalized spacial score (nSPS) is 20.7. The van der Waals surface area contributed by atoms with E-state index in [2.05, 4.69) is 15.4 Å². The summed E-state index contributed by atoms with van der Waals surface area (Å²) in [6.07, 6.45) is -3.19. The third-order valence-corrected chi connectivity index (χ3v) is 4.24. The summed E-state index contributed by atoms with van der Waals surface area (Å²) >= 11 is 0. The Hall–Kier alpha value is -1.53. The molecule has 7 nitrogen and oxygen atoms in total. The number of carbonyl (C=O) groups is 1. The van der Waals surface area contributed by atoms with Gasteiger partial charge >= 0.3 is 12.1 Å². The number of guanidine groups is 1. The first-order valence-electron chi connectivity index (χ1n) is 7.80. The second kappa shape index (κ2) is 8.91. The van der Waals surface area contributed by atoms with Crippen molar-refractivity contribution in [1.29, 1.82) is 0 Å². The molecule has 11 heteroatoms. The summed E-state index contributed by atoms with van der Waals surface area (Å²) in [5.74, 6) is -0.0740. The smallest absolute Gasteiger partial charge is 0.435 e. The highest BCUT2D eigenvalue weighted by Crippen LogP contribution is 2.30. The van der Waals surface area contributed by atoms with E-state index in [1.165, 1.54) is 20.4 Å². The predicted molar refractivity (Wildman–Crippen MR) is 100 cm³/mol. The van der Waals surface area contributed by atoms with Gasteiger partial charge in [0.2, 0.25) is 0 Å². The van der Waals surface area contributed by atoms with Gasteiger partial charge in [0, 0.05) is 45.5 Å². The maximum absolute atomic E-state index is 13.0. The molecule has 2 rings (SSSR count). The Morgan fingerprint density at radius 2 is 2.12 bits per heavy atom. The highest BCUT2D eigenvalue weighted by Gasteiger charge is 2.38. The number of likely N-dealkylation sites (tertiary alicyclic amines) is 1. The summed E-state index contributed by atoms with van der Waals surface area (Å²) in [6.45, 7) is 2.84. The molecule has 26 heavy (non-hydrogen) atoms. The molecule has 1 fully saturated rings. The minimum absolute atomic E-state index is 0. The molecule has 0 amide bonds. The topological polar surface area (TPSA) is 71.8 Å². The van der Waals surface area contributed by atoms with Crippen LogP contribution in [0.1, 0.15) is 18.2 Å². The monoisotopic (exact) mass is 489 g/mol. The zero-order valence-electron chi connectivity index (χ0n) is 15.0. The SMILES string of the molecule is CN=C(NCc1cn(C)nc1C(F)(F)F)N1CC(C)C(C(=O)OC)C1.I. The molecule has 1 aromatic rings. The minimum atomic E-state index is -4.51. The Kier molecular flexibility index (Phi) is 7.71. The van der Waals surface area contributed by atoms with Gasteiger partial charge in [-0.15, -0.1) is 24.0 Å². The number of ether oxygens (including phenoxy) is 1. The molecule has 0 radical (unpaired) electrons. The van der Waals surface area contributed by atoms with Gasteiger partial charge in [-0.05, 0) is 5.92 Å². The lowest BCUT2D eigenvalue weighted by Crippen LogP contribution is -2.40. The summed E-state index contributed by atoms with van der Waals surface area (Å²) in [5.41, 5.74) is -0.881. The molecule has 0 bridgehead atoms. The van der Waals surface area contributed by atoms with Crippen LogP contribution in [0, 0.1) is 11.8 Å². The van der Waals surface area contributed by atoms with Crippen LogP contribution in [0.2, 0.25) is 0 Å². The number of esters is 1. The van der Waals surface area contributed by atoms with E-state index < -0.39 is 11.9 Å². The minimum Gasteiger partial charge on any atom is -0.469 e. The van der Waals surface area contributed by atoms with Crippen LogP contribution in [0.4, 0.5) is 13.2 Å². The molecule has 2 atom stereocenters. The third-order valence-electron chi connectivity index (χ3n) is 4.24. The molecular formula is C15H23F3IN5O2. The Balaban J connectivity index is 0.00000338. The van der Waals surface area contributed by atoms with Crippen LogP contribution in [0.5, 0.6) is 0 Å². The first kappa shape index (κ1) is 22.5. The predicted octanol–water partition coefficient (Wildman–Crippen LogP) is 1.87. The maximum atomic E-state index is 13.0. The van der Waals surface area contributed by atoms with Gasteiger partial charge in [-0.1, -0.05) is 6.92 Å². The molecule has 1 aliphatic heterocycles. The maximum Gasteiger partial charge on any atom is 0.435 e. The number of rotatable bonds is 3. The van der Waals surface area contributed by atoms with Crippen LogP contribution in [-0.4, -0.2) is 53.9 Å². The molecular weight excluding hydrogens is 466 g/mol. The number of aryl methyl sites for hydroxylation is 1. The van der Waals surface area contributed by atoms with Crippen molar-refractivity contribution in [2.24, 2.45) is 23.9 Å². The molecule has 0 saturated carbocycles. The number of nitrogens with one attached hydrogen (secondary N) is 1. The zero-order valence-corrected chi connectivity index (χ0v) is 17.3. The molecule has 0 aliphatic carbocycles. The fourth-order valence-electron chi connectivity index (χ4n) is 3.01. The van der Waals surface area contributed by atoms with Crippen LogP contribution in [0.3, 0.4) is 0 Å². The van der Waals surface area contributed by atoms with Crippen molar-refractivity contribution in [3.8, 4) is 0 Å². The van der Waals surface area contributed by atoms with Crippen molar-refractivity contribution in [2.45, 2.75) is 19.6 Å². The van der Waals surface area contributed by atoms with E-state index in [9.17, 15) is 18.0 Å². The summed E-state index contributed by atoms with van der Waals surface area (Å²) < 4.78 is 44.9. The van der Waals surface area contributed by atoms with Crippen molar-refractivity contribution in [2.75, 3.05) is 27.2 Å². The first-order chi connectivity index (χ1) is 11.7. The van der Waals surface area contributed by atoms with E-state index in [-0.39, 0.29) is 53.9 Å². The lowest BCUT2D eigenvalue weighted by molar-refractivity contribution is -0.146. The van der Waals surface area contributed by atoms with E-state index >= 15 is 0 Å². The van der Waals surface area contributed by atoms with Crippen LogP contribution in [0.15, 0.2) is 11.2 Å². The van der Waals surface area contributed by atoms with Gasteiger partial charge in [0.05, 0.1) is 13.0 Å². The second-order valence-corrected chi connectivity index (χ2v) is 6.09. The fourth-order valence-corrected chi connectivity index (χ4v) is 3.01. The van der Waals surface area contributed by atoms with Crippen molar-refractivity contribution in [3.63, 3.8) is 0 Å². The molecule has 1 N–H and O–H groups in total.